The van der Waals surface area contributed by atoms with Crippen molar-refractivity contribution in [3.8, 4) is 11.5 Å². The van der Waals surface area contributed by atoms with Gasteiger partial charge < -0.3 is 10.1 Å². The average Bonchev–Trinajstić information content (AvgIpc) is 2.42. The minimum atomic E-state index is -0.832. The summed E-state index contributed by atoms with van der Waals surface area (Å²) in [6.07, 6.45) is 0. The van der Waals surface area contributed by atoms with Gasteiger partial charge in [-0.2, -0.15) is 0 Å². The van der Waals surface area contributed by atoms with Crippen molar-refractivity contribution in [1.82, 2.24) is 5.32 Å². The molecule has 2 aromatic carbocycles. The first-order chi connectivity index (χ1) is 10.0. The maximum absolute atomic E-state index is 14.0. The topological polar surface area (TPSA) is 21.3 Å². The van der Waals surface area contributed by atoms with E-state index < -0.39 is 17.5 Å². The molecule has 2 nitrogen and oxygen atoms in total. The molecule has 112 valence electrons. The van der Waals surface area contributed by atoms with E-state index in [1.165, 1.54) is 18.2 Å². The second-order valence-corrected chi connectivity index (χ2v) is 4.61. The Morgan fingerprint density at radius 1 is 1.05 bits per heavy atom. The van der Waals surface area contributed by atoms with E-state index in [2.05, 4.69) is 5.32 Å². The van der Waals surface area contributed by atoms with E-state index in [1.807, 2.05) is 6.92 Å². The van der Waals surface area contributed by atoms with Crippen molar-refractivity contribution in [3.63, 3.8) is 0 Å². The quantitative estimate of drug-likeness (QED) is 0.872. The van der Waals surface area contributed by atoms with Crippen LogP contribution in [0, 0.1) is 17.5 Å². The lowest BCUT2D eigenvalue weighted by Gasteiger charge is -2.18. The van der Waals surface area contributed by atoms with Gasteiger partial charge in [0.2, 0.25) is 0 Å². The van der Waals surface area contributed by atoms with Crippen LogP contribution >= 0.6 is 0 Å². The Bertz CT molecular complexity index is 631. The normalized spacial score (nSPS) is 12.2. The van der Waals surface area contributed by atoms with Crippen LogP contribution in [0.4, 0.5) is 13.2 Å². The van der Waals surface area contributed by atoms with Crippen LogP contribution in [0.25, 0.3) is 0 Å². The molecule has 0 saturated heterocycles. The third kappa shape index (κ3) is 3.55. The molecule has 2 rings (SSSR count). The molecule has 0 aliphatic rings. The number of hydrogen-bond acceptors (Lipinski definition) is 2. The van der Waals surface area contributed by atoms with Gasteiger partial charge in [0.05, 0.1) is 0 Å². The lowest BCUT2D eigenvalue weighted by molar-refractivity contribution is 0.418. The maximum Gasteiger partial charge on any atom is 0.168 e. The zero-order valence-corrected chi connectivity index (χ0v) is 11.8. The van der Waals surface area contributed by atoms with E-state index in [0.717, 1.165) is 12.1 Å². The SMILES string of the molecule is CCNC(C)c1c(F)cccc1Oc1ccc(F)cc1F. The summed E-state index contributed by atoms with van der Waals surface area (Å²) in [6.45, 7) is 4.34. The van der Waals surface area contributed by atoms with Crippen molar-refractivity contribution in [1.29, 1.82) is 0 Å². The van der Waals surface area contributed by atoms with E-state index >= 15 is 0 Å². The van der Waals surface area contributed by atoms with Gasteiger partial charge in [-0.1, -0.05) is 13.0 Å². The van der Waals surface area contributed by atoms with E-state index in [-0.39, 0.29) is 17.5 Å². The van der Waals surface area contributed by atoms with Crippen molar-refractivity contribution in [3.05, 3.63) is 59.4 Å². The Hall–Kier alpha value is -2.01. The summed E-state index contributed by atoms with van der Waals surface area (Å²) in [6, 6.07) is 7.04. The summed E-state index contributed by atoms with van der Waals surface area (Å²) in [5, 5.41) is 3.08. The zero-order chi connectivity index (χ0) is 15.4. The summed E-state index contributed by atoms with van der Waals surface area (Å²) in [7, 11) is 0. The molecule has 0 bridgehead atoms. The molecule has 0 amide bonds. The van der Waals surface area contributed by atoms with Crippen LogP contribution in [0.2, 0.25) is 0 Å². The zero-order valence-electron chi connectivity index (χ0n) is 11.8. The highest BCUT2D eigenvalue weighted by Crippen LogP contribution is 2.32. The molecule has 0 fully saturated rings. The van der Waals surface area contributed by atoms with Crippen LogP contribution < -0.4 is 10.1 Å². The smallest absolute Gasteiger partial charge is 0.168 e. The Balaban J connectivity index is 2.37. The molecular weight excluding hydrogens is 279 g/mol. The van der Waals surface area contributed by atoms with Crippen molar-refractivity contribution in [2.45, 2.75) is 19.9 Å². The standard InChI is InChI=1S/C16H16F3NO/c1-3-20-10(2)16-12(18)5-4-6-15(16)21-14-8-7-11(17)9-13(14)19/h4-10,20H,3H2,1-2H3. The van der Waals surface area contributed by atoms with Gasteiger partial charge in [-0.15, -0.1) is 0 Å². The van der Waals surface area contributed by atoms with Gasteiger partial charge in [0.15, 0.2) is 11.6 Å². The maximum atomic E-state index is 14.0. The Labute approximate surface area is 121 Å². The molecule has 21 heavy (non-hydrogen) atoms. The molecule has 5 heteroatoms. The molecule has 1 unspecified atom stereocenters. The molecule has 0 aromatic heterocycles. The monoisotopic (exact) mass is 295 g/mol. The fourth-order valence-electron chi connectivity index (χ4n) is 2.11. The third-order valence-corrected chi connectivity index (χ3v) is 3.07. The predicted molar refractivity (Wildman–Crippen MR) is 74.9 cm³/mol. The van der Waals surface area contributed by atoms with Crippen LogP contribution in [-0.4, -0.2) is 6.54 Å². The Kier molecular flexibility index (Phi) is 4.85. The highest BCUT2D eigenvalue weighted by molar-refractivity contribution is 5.41. The Morgan fingerprint density at radius 3 is 2.48 bits per heavy atom. The number of ether oxygens (including phenoxy) is 1. The first-order valence-corrected chi connectivity index (χ1v) is 6.67. The molecule has 0 aliphatic heterocycles. The van der Waals surface area contributed by atoms with Gasteiger partial charge in [-0.25, -0.2) is 13.2 Å². The summed E-state index contributed by atoms with van der Waals surface area (Å²) in [4.78, 5) is 0. The van der Waals surface area contributed by atoms with Crippen molar-refractivity contribution in [2.75, 3.05) is 6.54 Å². The Morgan fingerprint density at radius 2 is 1.81 bits per heavy atom. The number of rotatable bonds is 5. The highest BCUT2D eigenvalue weighted by Gasteiger charge is 2.17. The highest BCUT2D eigenvalue weighted by atomic mass is 19.1. The van der Waals surface area contributed by atoms with Gasteiger partial charge >= 0.3 is 0 Å². The third-order valence-electron chi connectivity index (χ3n) is 3.07. The number of halogens is 3. The van der Waals surface area contributed by atoms with Crippen LogP contribution in [0.3, 0.4) is 0 Å². The molecule has 1 atom stereocenters. The fraction of sp³-hybridized carbons (Fsp3) is 0.250. The summed E-state index contributed by atoms with van der Waals surface area (Å²) >= 11 is 0. The van der Waals surface area contributed by atoms with Crippen LogP contribution in [0.1, 0.15) is 25.5 Å². The molecule has 0 saturated carbocycles. The van der Waals surface area contributed by atoms with E-state index in [1.54, 1.807) is 13.0 Å². The van der Waals surface area contributed by atoms with Crippen molar-refractivity contribution < 1.29 is 17.9 Å². The second-order valence-electron chi connectivity index (χ2n) is 4.61. The fourth-order valence-corrected chi connectivity index (χ4v) is 2.11. The molecule has 0 heterocycles. The summed E-state index contributed by atoms with van der Waals surface area (Å²) in [5.74, 6) is -1.91. The minimum Gasteiger partial charge on any atom is -0.454 e. The van der Waals surface area contributed by atoms with Gasteiger partial charge in [0.1, 0.15) is 17.4 Å². The van der Waals surface area contributed by atoms with Crippen molar-refractivity contribution >= 4 is 0 Å². The number of nitrogens with one attached hydrogen (secondary N) is 1. The summed E-state index contributed by atoms with van der Waals surface area (Å²) < 4.78 is 46.0. The molecular formula is C16H16F3NO. The van der Waals surface area contributed by atoms with Crippen LogP contribution in [0.15, 0.2) is 36.4 Å². The lowest BCUT2D eigenvalue weighted by atomic mass is 10.1. The van der Waals surface area contributed by atoms with Gasteiger partial charge in [-0.05, 0) is 37.7 Å². The number of benzene rings is 2. The lowest BCUT2D eigenvalue weighted by Crippen LogP contribution is -2.19. The van der Waals surface area contributed by atoms with E-state index in [0.29, 0.717) is 12.1 Å². The van der Waals surface area contributed by atoms with Gasteiger partial charge in [0, 0.05) is 17.7 Å². The average molecular weight is 295 g/mol. The minimum absolute atomic E-state index is 0.146. The first kappa shape index (κ1) is 15.4. The molecule has 0 spiro atoms. The predicted octanol–water partition coefficient (Wildman–Crippen LogP) is 4.57. The second kappa shape index (κ2) is 6.63. The largest absolute Gasteiger partial charge is 0.454 e. The molecule has 0 aliphatic carbocycles. The molecule has 0 radical (unpaired) electrons. The van der Waals surface area contributed by atoms with Crippen molar-refractivity contribution in [2.24, 2.45) is 0 Å². The van der Waals surface area contributed by atoms with Crippen LogP contribution in [0.5, 0.6) is 11.5 Å². The molecule has 1 N–H and O–H groups in total. The summed E-state index contributed by atoms with van der Waals surface area (Å²) in [5.41, 5.74) is 0.308. The van der Waals surface area contributed by atoms with Gasteiger partial charge in [0.25, 0.3) is 0 Å². The number of hydrogen-bond donors (Lipinski definition) is 1. The van der Waals surface area contributed by atoms with E-state index in [4.69, 9.17) is 4.74 Å². The van der Waals surface area contributed by atoms with Crippen LogP contribution in [-0.2, 0) is 0 Å². The molecule has 2 aromatic rings. The van der Waals surface area contributed by atoms with Gasteiger partial charge in [-0.3, -0.25) is 0 Å². The van der Waals surface area contributed by atoms with E-state index in [9.17, 15) is 13.2 Å². The first-order valence-electron chi connectivity index (χ1n) is 6.67.